The van der Waals surface area contributed by atoms with Crippen molar-refractivity contribution >= 4 is 11.6 Å². The number of aryl methyl sites for hydroxylation is 1. The second-order valence-electron chi connectivity index (χ2n) is 7.61. The molecule has 1 saturated carbocycles. The summed E-state index contributed by atoms with van der Waals surface area (Å²) in [6.07, 6.45) is 4.88. The molecule has 1 fully saturated rings. The van der Waals surface area contributed by atoms with Crippen LogP contribution in [0, 0.1) is 12.7 Å². The van der Waals surface area contributed by atoms with E-state index in [1.807, 2.05) is 49.5 Å². The summed E-state index contributed by atoms with van der Waals surface area (Å²) in [5, 5.41) is 4.39. The molecule has 1 spiro atoms. The minimum absolute atomic E-state index is 0.0752. The molecule has 0 atom stereocenters. The van der Waals surface area contributed by atoms with Gasteiger partial charge in [0, 0.05) is 29.3 Å². The maximum Gasteiger partial charge on any atom is 0.258 e. The first-order valence-electron chi connectivity index (χ1n) is 9.31. The third kappa shape index (κ3) is 2.41. The number of hydrogen-bond donors (Lipinski definition) is 0. The van der Waals surface area contributed by atoms with E-state index in [4.69, 9.17) is 0 Å². The third-order valence-corrected chi connectivity index (χ3v) is 5.93. The van der Waals surface area contributed by atoms with Gasteiger partial charge in [0.2, 0.25) is 0 Å². The van der Waals surface area contributed by atoms with Crippen LogP contribution in [0.5, 0.6) is 0 Å². The standard InChI is InChI=1S/C22H20FN3O/c1-15-10-13-26(24-15)17-8-6-16(7-9-17)21(27)25-14-22(11-3-12-22)20-18(23)4-2-5-19(20)25/h2,4-10,13H,3,11-12,14H2,1H3. The number of fused-ring (bicyclic) bond motifs is 2. The van der Waals surface area contributed by atoms with Gasteiger partial charge in [-0.1, -0.05) is 12.5 Å². The van der Waals surface area contributed by atoms with Crippen LogP contribution in [-0.4, -0.2) is 22.2 Å². The van der Waals surface area contributed by atoms with Gasteiger partial charge in [-0.15, -0.1) is 0 Å². The lowest BCUT2D eigenvalue weighted by atomic mass is 9.65. The molecule has 5 heteroatoms. The van der Waals surface area contributed by atoms with Crippen molar-refractivity contribution in [2.24, 2.45) is 0 Å². The number of amides is 1. The molecule has 2 heterocycles. The highest BCUT2D eigenvalue weighted by molar-refractivity contribution is 6.08. The van der Waals surface area contributed by atoms with E-state index in [0.29, 0.717) is 12.1 Å². The highest BCUT2D eigenvalue weighted by atomic mass is 19.1. The lowest BCUT2D eigenvalue weighted by Gasteiger charge is -2.39. The van der Waals surface area contributed by atoms with Crippen molar-refractivity contribution < 1.29 is 9.18 Å². The molecular weight excluding hydrogens is 341 g/mol. The van der Waals surface area contributed by atoms with Gasteiger partial charge in [0.1, 0.15) is 5.82 Å². The highest BCUT2D eigenvalue weighted by Crippen LogP contribution is 2.53. The maximum absolute atomic E-state index is 14.5. The van der Waals surface area contributed by atoms with E-state index in [2.05, 4.69) is 5.10 Å². The van der Waals surface area contributed by atoms with E-state index in [1.54, 1.807) is 15.6 Å². The number of carbonyl (C=O) groups excluding carboxylic acids is 1. The van der Waals surface area contributed by atoms with Gasteiger partial charge in [0.15, 0.2) is 0 Å². The topological polar surface area (TPSA) is 38.1 Å². The summed E-state index contributed by atoms with van der Waals surface area (Å²) in [5.74, 6) is -0.263. The fourth-order valence-electron chi connectivity index (χ4n) is 4.39. The van der Waals surface area contributed by atoms with Gasteiger partial charge in [-0.25, -0.2) is 9.07 Å². The number of aromatic nitrogens is 2. The Morgan fingerprint density at radius 2 is 1.89 bits per heavy atom. The van der Waals surface area contributed by atoms with E-state index in [-0.39, 0.29) is 17.1 Å². The molecule has 27 heavy (non-hydrogen) atoms. The molecule has 2 aliphatic rings. The minimum atomic E-state index is -0.192. The molecule has 1 aliphatic carbocycles. The molecule has 2 aromatic carbocycles. The summed E-state index contributed by atoms with van der Waals surface area (Å²) < 4.78 is 16.3. The van der Waals surface area contributed by atoms with Crippen LogP contribution >= 0.6 is 0 Å². The second-order valence-corrected chi connectivity index (χ2v) is 7.61. The van der Waals surface area contributed by atoms with Crippen molar-refractivity contribution in [3.63, 3.8) is 0 Å². The summed E-state index contributed by atoms with van der Waals surface area (Å²) in [6, 6.07) is 14.4. The number of carbonyl (C=O) groups is 1. The van der Waals surface area contributed by atoms with Gasteiger partial charge in [-0.3, -0.25) is 4.79 Å². The summed E-state index contributed by atoms with van der Waals surface area (Å²) in [7, 11) is 0. The lowest BCUT2D eigenvalue weighted by Crippen LogP contribution is -2.41. The third-order valence-electron chi connectivity index (χ3n) is 5.93. The minimum Gasteiger partial charge on any atom is -0.307 e. The smallest absolute Gasteiger partial charge is 0.258 e. The van der Waals surface area contributed by atoms with Gasteiger partial charge in [-0.05, 0) is 62.2 Å². The summed E-state index contributed by atoms with van der Waals surface area (Å²) in [6.45, 7) is 2.51. The van der Waals surface area contributed by atoms with Crippen LogP contribution in [0.15, 0.2) is 54.7 Å². The molecule has 1 aliphatic heterocycles. The van der Waals surface area contributed by atoms with Crippen LogP contribution in [0.25, 0.3) is 5.69 Å². The summed E-state index contributed by atoms with van der Waals surface area (Å²) in [4.78, 5) is 14.9. The molecule has 0 N–H and O–H groups in total. The average molecular weight is 361 g/mol. The zero-order valence-electron chi connectivity index (χ0n) is 15.2. The Labute approximate surface area is 157 Å². The molecule has 4 nitrogen and oxygen atoms in total. The van der Waals surface area contributed by atoms with Crippen LogP contribution in [0.3, 0.4) is 0 Å². The van der Waals surface area contributed by atoms with Gasteiger partial charge < -0.3 is 4.90 Å². The first kappa shape index (κ1) is 16.2. The Bertz CT molecular complexity index is 1030. The highest BCUT2D eigenvalue weighted by Gasteiger charge is 2.50. The van der Waals surface area contributed by atoms with E-state index < -0.39 is 0 Å². The summed E-state index contributed by atoms with van der Waals surface area (Å²) in [5.41, 5.74) is 3.72. The Morgan fingerprint density at radius 3 is 2.52 bits per heavy atom. The first-order valence-corrected chi connectivity index (χ1v) is 9.31. The van der Waals surface area contributed by atoms with Crippen molar-refractivity contribution in [3.05, 3.63) is 77.4 Å². The van der Waals surface area contributed by atoms with Gasteiger partial charge in [0.25, 0.3) is 5.91 Å². The number of rotatable bonds is 2. The van der Waals surface area contributed by atoms with Gasteiger partial charge in [0.05, 0.1) is 17.1 Å². The Morgan fingerprint density at radius 1 is 1.11 bits per heavy atom. The van der Waals surface area contributed by atoms with Crippen molar-refractivity contribution in [1.29, 1.82) is 0 Å². The monoisotopic (exact) mass is 361 g/mol. The van der Waals surface area contributed by atoms with Gasteiger partial charge in [-0.2, -0.15) is 5.10 Å². The zero-order valence-corrected chi connectivity index (χ0v) is 15.2. The molecule has 136 valence electrons. The van der Waals surface area contributed by atoms with Crippen LogP contribution in [0.2, 0.25) is 0 Å². The van der Waals surface area contributed by atoms with Crippen LogP contribution in [0.1, 0.15) is 40.9 Å². The molecule has 0 saturated heterocycles. The Hall–Kier alpha value is -2.95. The van der Waals surface area contributed by atoms with E-state index in [1.165, 1.54) is 6.07 Å². The van der Waals surface area contributed by atoms with Gasteiger partial charge >= 0.3 is 0 Å². The van der Waals surface area contributed by atoms with E-state index >= 15 is 0 Å². The predicted octanol–water partition coefficient (Wildman–Crippen LogP) is 4.40. The average Bonchev–Trinajstić information content (AvgIpc) is 3.23. The van der Waals surface area contributed by atoms with E-state index in [9.17, 15) is 9.18 Å². The fraction of sp³-hybridized carbons (Fsp3) is 0.273. The van der Waals surface area contributed by atoms with Crippen molar-refractivity contribution in [3.8, 4) is 5.69 Å². The molecule has 0 unspecified atom stereocenters. The molecule has 5 rings (SSSR count). The quantitative estimate of drug-likeness (QED) is 0.678. The lowest BCUT2D eigenvalue weighted by molar-refractivity contribution is 0.0979. The number of benzene rings is 2. The van der Waals surface area contributed by atoms with Crippen LogP contribution in [0.4, 0.5) is 10.1 Å². The SMILES string of the molecule is Cc1ccn(-c2ccc(C(=O)N3CC4(CCC4)c4c(F)cccc43)cc2)n1. The molecular formula is C22H20FN3O. The number of anilines is 1. The first-order chi connectivity index (χ1) is 13.1. The normalized spacial score (nSPS) is 17.0. The molecule has 0 radical (unpaired) electrons. The van der Waals surface area contributed by atoms with Crippen LogP contribution < -0.4 is 4.90 Å². The van der Waals surface area contributed by atoms with Crippen molar-refractivity contribution in [1.82, 2.24) is 9.78 Å². The van der Waals surface area contributed by atoms with E-state index in [0.717, 1.165) is 41.9 Å². The Balaban J connectivity index is 1.47. The fourth-order valence-corrected chi connectivity index (χ4v) is 4.39. The number of nitrogens with zero attached hydrogens (tertiary/aromatic N) is 3. The second kappa shape index (κ2) is 5.78. The number of hydrogen-bond acceptors (Lipinski definition) is 2. The molecule has 3 aromatic rings. The summed E-state index contributed by atoms with van der Waals surface area (Å²) >= 11 is 0. The maximum atomic E-state index is 14.5. The largest absolute Gasteiger partial charge is 0.307 e. The van der Waals surface area contributed by atoms with Crippen molar-refractivity contribution in [2.75, 3.05) is 11.4 Å². The molecule has 1 aromatic heterocycles. The molecule has 0 bridgehead atoms. The predicted molar refractivity (Wildman–Crippen MR) is 102 cm³/mol. The Kier molecular flexibility index (Phi) is 3.47. The number of halogens is 1. The molecule has 1 amide bonds. The zero-order chi connectivity index (χ0) is 18.6. The van der Waals surface area contributed by atoms with Crippen LogP contribution in [-0.2, 0) is 5.41 Å². The van der Waals surface area contributed by atoms with Crippen molar-refractivity contribution in [2.45, 2.75) is 31.6 Å².